The van der Waals surface area contributed by atoms with Crippen LogP contribution < -0.4 is 0 Å². The molecular weight excluding hydrogens is 515 g/mol. The number of hydrogen-bond donors (Lipinski definition) is 0. The number of alkyl halides is 2. The molecule has 0 atom stereocenters. The van der Waals surface area contributed by atoms with Crippen LogP contribution in [0.5, 0.6) is 0 Å². The molecule has 14 heavy (non-hydrogen) atoms. The van der Waals surface area contributed by atoms with Crippen molar-refractivity contribution >= 4 is 79.6 Å². The number of benzene rings is 1. The van der Waals surface area contributed by atoms with Gasteiger partial charge in [-0.05, 0) is 53.4 Å². The summed E-state index contributed by atoms with van der Waals surface area (Å²) in [6.07, 6.45) is 0. The Morgan fingerprint density at radius 3 is 1.64 bits per heavy atom. The van der Waals surface area contributed by atoms with Gasteiger partial charge in [0.25, 0.3) is 0 Å². The molecule has 0 radical (unpaired) electrons. The van der Waals surface area contributed by atoms with E-state index in [1.54, 1.807) is 0 Å². The second-order valence-corrected chi connectivity index (χ2v) is 5.98. The van der Waals surface area contributed by atoms with E-state index in [0.717, 1.165) is 14.5 Å². The van der Waals surface area contributed by atoms with E-state index < -0.39 is 0 Å². The highest BCUT2D eigenvalue weighted by Crippen LogP contribution is 2.39. The van der Waals surface area contributed by atoms with Gasteiger partial charge in [0, 0.05) is 25.2 Å². The van der Waals surface area contributed by atoms with Gasteiger partial charge in [-0.1, -0.05) is 31.9 Å². The van der Waals surface area contributed by atoms with Crippen molar-refractivity contribution in [3.05, 3.63) is 30.4 Å². The Balaban J connectivity index is 3.55. The first-order valence-electron chi connectivity index (χ1n) is 3.50. The third-order valence-corrected chi connectivity index (χ3v) is 5.94. The fraction of sp³-hybridized carbons (Fsp3) is 0.250. The van der Waals surface area contributed by atoms with E-state index in [4.69, 9.17) is 0 Å². The zero-order valence-corrected chi connectivity index (χ0v) is 14.6. The molecule has 0 nitrogen and oxygen atoms in total. The lowest BCUT2D eigenvalue weighted by Gasteiger charge is -2.12. The van der Waals surface area contributed by atoms with Crippen LogP contribution in [0.15, 0.2) is 13.4 Å². The Hall–Kier alpha value is 1.55. The van der Waals surface area contributed by atoms with Crippen LogP contribution in [0.3, 0.4) is 0 Å². The standard InChI is InChI=1S/C8H4Br5F/c9-1-3-5(11)6(12)4(2-10)8(14)7(3)13/h1-2H2. The summed E-state index contributed by atoms with van der Waals surface area (Å²) in [7, 11) is 0. The van der Waals surface area contributed by atoms with Crippen LogP contribution in [-0.2, 0) is 10.7 Å². The normalized spacial score (nSPS) is 10.7. The molecule has 1 aromatic carbocycles. The van der Waals surface area contributed by atoms with Gasteiger partial charge >= 0.3 is 0 Å². The average Bonchev–Trinajstić information content (AvgIpc) is 2.17. The smallest absolute Gasteiger partial charge is 0.142 e. The van der Waals surface area contributed by atoms with Crippen LogP contribution in [0.4, 0.5) is 4.39 Å². The first kappa shape index (κ1) is 13.6. The maximum absolute atomic E-state index is 13.7. The van der Waals surface area contributed by atoms with Crippen LogP contribution in [0.25, 0.3) is 0 Å². The van der Waals surface area contributed by atoms with Gasteiger partial charge in [-0.3, -0.25) is 0 Å². The van der Waals surface area contributed by atoms with Gasteiger partial charge in [-0.2, -0.15) is 0 Å². The summed E-state index contributed by atoms with van der Waals surface area (Å²) >= 11 is 16.6. The highest BCUT2D eigenvalue weighted by molar-refractivity contribution is 9.13. The summed E-state index contributed by atoms with van der Waals surface area (Å²) in [6.45, 7) is 0. The molecular formula is C8H4Br5F. The summed E-state index contributed by atoms with van der Waals surface area (Å²) in [5, 5.41) is 1.06. The molecule has 0 spiro atoms. The van der Waals surface area contributed by atoms with E-state index in [9.17, 15) is 4.39 Å². The zero-order valence-electron chi connectivity index (χ0n) is 6.68. The molecule has 0 unspecified atom stereocenters. The molecule has 0 aliphatic rings. The SMILES string of the molecule is Fc1c(Br)c(CBr)c(Br)c(Br)c1CBr. The third kappa shape index (κ3) is 2.44. The molecule has 0 saturated heterocycles. The number of halogens is 6. The summed E-state index contributed by atoms with van der Waals surface area (Å²) in [5.41, 5.74) is 1.47. The fourth-order valence-electron chi connectivity index (χ4n) is 0.957. The zero-order chi connectivity index (χ0) is 10.9. The Bertz CT molecular complexity index is 299. The molecule has 6 heteroatoms. The van der Waals surface area contributed by atoms with Crippen molar-refractivity contribution in [2.45, 2.75) is 10.7 Å². The molecule has 0 aliphatic carbocycles. The second-order valence-electron chi connectivity index (χ2n) is 2.48. The molecule has 0 aromatic heterocycles. The van der Waals surface area contributed by atoms with Crippen LogP contribution in [0.2, 0.25) is 0 Å². The van der Waals surface area contributed by atoms with Gasteiger partial charge < -0.3 is 0 Å². The van der Waals surface area contributed by atoms with Crippen LogP contribution in [0.1, 0.15) is 11.1 Å². The first-order chi connectivity index (χ1) is 6.54. The lowest BCUT2D eigenvalue weighted by molar-refractivity contribution is 0.607. The minimum Gasteiger partial charge on any atom is -0.205 e. The second kappa shape index (κ2) is 5.75. The monoisotopic (exact) mass is 514 g/mol. The summed E-state index contributed by atoms with van der Waals surface area (Å²) in [6, 6.07) is 0. The molecule has 0 aliphatic heterocycles. The van der Waals surface area contributed by atoms with E-state index in [-0.39, 0.29) is 5.82 Å². The predicted octanol–water partition coefficient (Wildman–Crippen LogP) is 5.90. The minimum absolute atomic E-state index is 0.230. The Labute approximate surface area is 124 Å². The summed E-state index contributed by atoms with van der Waals surface area (Å²) < 4.78 is 15.9. The van der Waals surface area contributed by atoms with Gasteiger partial charge in [0.1, 0.15) is 5.82 Å². The van der Waals surface area contributed by atoms with Crippen molar-refractivity contribution < 1.29 is 4.39 Å². The predicted molar refractivity (Wildman–Crippen MR) is 74.8 cm³/mol. The Kier molecular flexibility index (Phi) is 5.59. The van der Waals surface area contributed by atoms with Crippen LogP contribution in [0, 0.1) is 5.82 Å². The van der Waals surface area contributed by atoms with Crippen LogP contribution >= 0.6 is 79.6 Å². The van der Waals surface area contributed by atoms with Gasteiger partial charge in [0.15, 0.2) is 0 Å². The minimum atomic E-state index is -0.230. The lowest BCUT2D eigenvalue weighted by atomic mass is 10.1. The fourth-order valence-corrected chi connectivity index (χ4v) is 5.15. The van der Waals surface area contributed by atoms with Crippen LogP contribution in [-0.4, -0.2) is 0 Å². The van der Waals surface area contributed by atoms with Gasteiger partial charge in [-0.15, -0.1) is 0 Å². The molecule has 0 N–H and O–H groups in total. The molecule has 1 aromatic rings. The van der Waals surface area contributed by atoms with E-state index >= 15 is 0 Å². The highest BCUT2D eigenvalue weighted by atomic mass is 79.9. The summed E-state index contributed by atoms with van der Waals surface area (Å²) in [4.78, 5) is 0. The van der Waals surface area contributed by atoms with Crippen molar-refractivity contribution in [3.8, 4) is 0 Å². The van der Waals surface area contributed by atoms with E-state index in [2.05, 4.69) is 79.6 Å². The first-order valence-corrected chi connectivity index (χ1v) is 8.12. The van der Waals surface area contributed by atoms with Gasteiger partial charge in [0.05, 0.1) is 4.47 Å². The van der Waals surface area contributed by atoms with E-state index in [1.807, 2.05) is 0 Å². The van der Waals surface area contributed by atoms with E-state index in [0.29, 0.717) is 20.7 Å². The van der Waals surface area contributed by atoms with Crippen molar-refractivity contribution in [1.29, 1.82) is 0 Å². The molecule has 1 rings (SSSR count). The third-order valence-electron chi connectivity index (χ3n) is 1.71. The Morgan fingerprint density at radius 2 is 1.21 bits per heavy atom. The quantitative estimate of drug-likeness (QED) is 0.338. The largest absolute Gasteiger partial charge is 0.205 e. The van der Waals surface area contributed by atoms with E-state index in [1.165, 1.54) is 0 Å². The molecule has 0 saturated carbocycles. The maximum Gasteiger partial charge on any atom is 0.142 e. The van der Waals surface area contributed by atoms with Crippen molar-refractivity contribution in [2.75, 3.05) is 0 Å². The number of hydrogen-bond acceptors (Lipinski definition) is 0. The molecule has 0 bridgehead atoms. The van der Waals surface area contributed by atoms with Gasteiger partial charge in [0.2, 0.25) is 0 Å². The molecule has 0 fully saturated rings. The van der Waals surface area contributed by atoms with Crippen molar-refractivity contribution in [2.24, 2.45) is 0 Å². The molecule has 0 heterocycles. The molecule has 78 valence electrons. The summed E-state index contributed by atoms with van der Waals surface area (Å²) in [5.74, 6) is -0.230. The van der Waals surface area contributed by atoms with Crippen molar-refractivity contribution in [1.82, 2.24) is 0 Å². The molecule has 0 amide bonds. The van der Waals surface area contributed by atoms with Crippen molar-refractivity contribution in [3.63, 3.8) is 0 Å². The average molecular weight is 519 g/mol. The Morgan fingerprint density at radius 1 is 0.786 bits per heavy atom. The highest BCUT2D eigenvalue weighted by Gasteiger charge is 2.18. The maximum atomic E-state index is 13.7. The topological polar surface area (TPSA) is 0 Å². The lowest BCUT2D eigenvalue weighted by Crippen LogP contribution is -1.96. The number of rotatable bonds is 2. The van der Waals surface area contributed by atoms with Gasteiger partial charge in [-0.25, -0.2) is 4.39 Å².